The van der Waals surface area contributed by atoms with Crippen LogP contribution in [0.1, 0.15) is 60.4 Å². The highest BCUT2D eigenvalue weighted by molar-refractivity contribution is 7.12. The van der Waals surface area contributed by atoms with Gasteiger partial charge in [0.05, 0.1) is 4.88 Å². The van der Waals surface area contributed by atoms with Crippen LogP contribution in [0.25, 0.3) is 29.0 Å². The van der Waals surface area contributed by atoms with Crippen LogP contribution in [-0.2, 0) is 19.2 Å². The zero-order valence-electron chi connectivity index (χ0n) is 37.6. The molecule has 5 aromatic rings. The van der Waals surface area contributed by atoms with Gasteiger partial charge in [0.25, 0.3) is 5.91 Å². The molecular formula is C50H56BF2N7O7S. The number of nitrogens with zero attached hydrogens (tertiary/aromatic N) is 2. The van der Waals surface area contributed by atoms with Gasteiger partial charge in [-0.25, -0.2) is 0 Å². The Morgan fingerprint density at radius 1 is 0.721 bits per heavy atom. The van der Waals surface area contributed by atoms with E-state index < -0.39 is 13.1 Å². The first-order chi connectivity index (χ1) is 33.0. The molecule has 0 aliphatic carbocycles. The van der Waals surface area contributed by atoms with Gasteiger partial charge in [0.15, 0.2) is 18.0 Å². The molecule has 7 rings (SSSR count). The second-order valence-corrected chi connectivity index (χ2v) is 17.3. The number of aliphatic hydroxyl groups excluding tert-OH is 1. The summed E-state index contributed by atoms with van der Waals surface area (Å²) < 4.78 is 45.9. The second kappa shape index (κ2) is 24.2. The average molecular weight is 948 g/mol. The molecule has 356 valence electrons. The highest BCUT2D eigenvalue weighted by atomic mass is 32.1. The van der Waals surface area contributed by atoms with Crippen molar-refractivity contribution in [3.05, 3.63) is 136 Å². The summed E-state index contributed by atoms with van der Waals surface area (Å²) in [5, 5.41) is 28.3. The molecule has 14 nitrogen and oxygen atoms in total. The maximum Gasteiger partial charge on any atom is 0.737 e. The number of aliphatic hydroxyl groups is 1. The molecule has 2 aliphatic rings. The fourth-order valence-electron chi connectivity index (χ4n) is 7.81. The molecule has 68 heavy (non-hydrogen) atoms. The van der Waals surface area contributed by atoms with Gasteiger partial charge in [-0.15, -0.1) is 11.3 Å². The summed E-state index contributed by atoms with van der Waals surface area (Å²) >= 11 is 1.42. The number of aromatic nitrogens is 1. The van der Waals surface area contributed by atoms with Crippen LogP contribution >= 0.6 is 11.3 Å². The zero-order chi connectivity index (χ0) is 47.7. The maximum absolute atomic E-state index is 16.1. The van der Waals surface area contributed by atoms with E-state index in [0.717, 1.165) is 36.6 Å². The molecule has 4 amide bonds. The lowest BCUT2D eigenvalue weighted by Crippen LogP contribution is -2.50. The lowest BCUT2D eigenvalue weighted by atomic mass is 9.90. The Morgan fingerprint density at radius 2 is 1.46 bits per heavy atom. The van der Waals surface area contributed by atoms with Crippen LogP contribution in [0.2, 0.25) is 0 Å². The number of carbonyl (C=O) groups excluding carboxylic acids is 4. The number of amides is 4. The summed E-state index contributed by atoms with van der Waals surface area (Å²) in [6.07, 6.45) is 10.5. The number of allylic oxidation sites excluding steroid dienone is 2. The third-order valence-corrected chi connectivity index (χ3v) is 12.1. The maximum atomic E-state index is 16.1. The molecule has 18 heteroatoms. The number of benzene rings is 3. The van der Waals surface area contributed by atoms with Crippen molar-refractivity contribution in [3.63, 3.8) is 0 Å². The molecule has 0 spiro atoms. The number of fused-ring (bicyclic) bond motifs is 3. The van der Waals surface area contributed by atoms with E-state index >= 15 is 8.63 Å². The van der Waals surface area contributed by atoms with E-state index in [1.807, 2.05) is 60.0 Å². The third kappa shape index (κ3) is 13.6. The van der Waals surface area contributed by atoms with Crippen LogP contribution in [0.5, 0.6) is 11.5 Å². The van der Waals surface area contributed by atoms with Crippen LogP contribution in [0.4, 0.5) is 8.63 Å². The number of hydrogen-bond acceptors (Lipinski definition) is 9. The summed E-state index contributed by atoms with van der Waals surface area (Å²) in [4.78, 5) is 49.7. The minimum atomic E-state index is -4.13. The number of ether oxygens (including phenoxy) is 2. The molecular weight excluding hydrogens is 891 g/mol. The van der Waals surface area contributed by atoms with Crippen molar-refractivity contribution >= 4 is 76.6 Å². The molecule has 1 unspecified atom stereocenters. The van der Waals surface area contributed by atoms with Gasteiger partial charge in [0.2, 0.25) is 17.7 Å². The number of halogens is 2. The Morgan fingerprint density at radius 3 is 2.24 bits per heavy atom. The summed E-state index contributed by atoms with van der Waals surface area (Å²) in [6, 6.07) is 27.7. The van der Waals surface area contributed by atoms with Gasteiger partial charge in [0.1, 0.15) is 24.2 Å². The van der Waals surface area contributed by atoms with Crippen LogP contribution < -0.4 is 36.1 Å². The number of carbonyl (C=O) groups is 4. The van der Waals surface area contributed by atoms with Gasteiger partial charge < -0.3 is 58.8 Å². The van der Waals surface area contributed by atoms with Gasteiger partial charge >= 0.3 is 6.97 Å². The molecule has 0 bridgehead atoms. The highest BCUT2D eigenvalue weighted by Crippen LogP contribution is 2.35. The lowest BCUT2D eigenvalue weighted by Gasteiger charge is -2.30. The van der Waals surface area contributed by atoms with Crippen molar-refractivity contribution in [2.45, 2.75) is 44.6 Å². The van der Waals surface area contributed by atoms with Gasteiger partial charge in [-0.2, -0.15) is 0 Å². The minimum absolute atomic E-state index is 0.0896. The minimum Gasteiger partial charge on any atom is -0.490 e. The Labute approximate surface area is 397 Å². The Kier molecular flexibility index (Phi) is 17.5. The van der Waals surface area contributed by atoms with Crippen LogP contribution in [0, 0.1) is 0 Å². The number of nitrogens with one attached hydrogen (secondary N) is 5. The summed E-state index contributed by atoms with van der Waals surface area (Å²) in [6.45, 7) is -2.28. The predicted molar refractivity (Wildman–Crippen MR) is 263 cm³/mol. The standard InChI is InChI=1S/C50H56BF2N7O7S/c52-51(53)59-38(18-19-39(59)32-40-20-23-44(60(40)51)46-12-7-31-68-46)17-14-36-15-21-42(22-16-36)66-35-50(65)55-26-5-1-2-13-47(62)56-27-24-48(63)57-28-25-49(64)58-30-29-54-33-41(61)34-67-45-11-6-9-37-8-3-4-10-43(37)45/h3-4,6-12,14-23,31-32,41,54,61H,1-2,5,13,24-30,33-35H2,(H,55,65)(H,56,62)(H,57,63)(H,58,64)/b17-14+. The van der Waals surface area contributed by atoms with Crippen LogP contribution in [0.15, 0.2) is 114 Å². The van der Waals surface area contributed by atoms with E-state index in [0.29, 0.717) is 79.7 Å². The van der Waals surface area contributed by atoms with E-state index in [1.165, 1.54) is 11.3 Å². The molecule has 1 atom stereocenters. The predicted octanol–water partition coefficient (Wildman–Crippen LogP) is 5.74. The Bertz CT molecular complexity index is 2660. The number of unbranched alkanes of at least 4 members (excludes halogenated alkanes) is 2. The fourth-order valence-corrected chi connectivity index (χ4v) is 8.55. The van der Waals surface area contributed by atoms with E-state index in [2.05, 4.69) is 26.6 Å². The third-order valence-electron chi connectivity index (χ3n) is 11.3. The summed E-state index contributed by atoms with van der Waals surface area (Å²) in [5.41, 5.74) is 2.55. The molecule has 0 fully saturated rings. The van der Waals surface area contributed by atoms with Crippen molar-refractivity contribution in [2.24, 2.45) is 0 Å². The van der Waals surface area contributed by atoms with Gasteiger partial charge in [-0.1, -0.05) is 67.1 Å². The second-order valence-electron chi connectivity index (χ2n) is 16.3. The van der Waals surface area contributed by atoms with Gasteiger partial charge in [-0.05, 0) is 71.6 Å². The van der Waals surface area contributed by atoms with Crippen molar-refractivity contribution in [1.82, 2.24) is 31.1 Å². The van der Waals surface area contributed by atoms with Gasteiger partial charge in [-0.3, -0.25) is 19.2 Å². The normalized spacial score (nSPS) is 14.0. The van der Waals surface area contributed by atoms with Crippen LogP contribution in [0.3, 0.4) is 0 Å². The molecule has 0 saturated heterocycles. The average Bonchev–Trinajstić information content (AvgIpc) is 4.13. The largest absolute Gasteiger partial charge is 0.737 e. The first-order valence-electron chi connectivity index (χ1n) is 22.9. The highest BCUT2D eigenvalue weighted by Gasteiger charge is 2.52. The number of thiophene rings is 1. The summed E-state index contributed by atoms with van der Waals surface area (Å²) in [5.74, 6) is 0.267. The van der Waals surface area contributed by atoms with E-state index in [-0.39, 0.29) is 62.8 Å². The first kappa shape index (κ1) is 49.0. The molecule has 3 aromatic carbocycles. The molecule has 4 heterocycles. The Hall–Kier alpha value is -6.89. The van der Waals surface area contributed by atoms with Crippen LogP contribution in [-0.4, -0.2) is 109 Å². The molecule has 6 N–H and O–H groups in total. The van der Waals surface area contributed by atoms with Crippen molar-refractivity contribution < 1.29 is 46.9 Å². The summed E-state index contributed by atoms with van der Waals surface area (Å²) in [7, 11) is 0. The molecule has 0 saturated carbocycles. The zero-order valence-corrected chi connectivity index (χ0v) is 38.5. The van der Waals surface area contributed by atoms with Crippen molar-refractivity contribution in [1.29, 1.82) is 0 Å². The van der Waals surface area contributed by atoms with E-state index in [9.17, 15) is 24.3 Å². The topological polar surface area (TPSA) is 175 Å². The van der Waals surface area contributed by atoms with E-state index in [4.69, 9.17) is 9.47 Å². The number of hydrogen-bond donors (Lipinski definition) is 6. The smallest absolute Gasteiger partial charge is 0.490 e. The van der Waals surface area contributed by atoms with Gasteiger partial charge in [0, 0.05) is 93.5 Å². The number of rotatable bonds is 26. The lowest BCUT2D eigenvalue weighted by molar-refractivity contribution is -0.360. The SMILES string of the molecule is O=C(CCCCCNC(=O)COc1ccc(/C=C/c2ccc3n2[B-](F)(F)[N+]2=C(c4cccs4)C=CC2=C3)cc1)NCCC(=O)NCCC(=O)NCCNCC(O)COc1cccc2ccccc12. The monoisotopic (exact) mass is 947 g/mol. The molecule has 2 aliphatic heterocycles. The van der Waals surface area contributed by atoms with E-state index in [1.54, 1.807) is 66.8 Å². The molecule has 2 aromatic heterocycles. The molecule has 0 radical (unpaired) electrons. The van der Waals surface area contributed by atoms with Crippen molar-refractivity contribution in [3.8, 4) is 11.5 Å². The first-order valence-corrected chi connectivity index (χ1v) is 23.7. The quantitative estimate of drug-likeness (QED) is 0.0301. The fraction of sp³-hybridized carbons (Fsp3) is 0.300. The van der Waals surface area contributed by atoms with Crippen molar-refractivity contribution in [2.75, 3.05) is 52.5 Å². The Balaban J connectivity index is 0.672.